The molecule has 0 spiro atoms. The molecule has 0 bridgehead atoms. The Morgan fingerprint density at radius 3 is 2.30 bits per heavy atom. The number of nitrogens with one attached hydrogen (secondary N) is 1. The number of rotatable bonds is 7. The van der Waals surface area contributed by atoms with Gasteiger partial charge in [0.2, 0.25) is 0 Å². The van der Waals surface area contributed by atoms with Gasteiger partial charge in [-0.25, -0.2) is 10.4 Å². The van der Waals surface area contributed by atoms with E-state index in [0.717, 1.165) is 16.9 Å². The molecule has 0 radical (unpaired) electrons. The topological polar surface area (TPSA) is 94.9 Å². The molecule has 0 aliphatic carbocycles. The normalized spacial score (nSPS) is 10.7. The molecular formula is C22H22N4O4. The molecule has 30 heavy (non-hydrogen) atoms. The Morgan fingerprint density at radius 1 is 0.967 bits per heavy atom. The van der Waals surface area contributed by atoms with Crippen molar-refractivity contribution in [3.05, 3.63) is 65.6 Å². The van der Waals surface area contributed by atoms with E-state index in [9.17, 15) is 4.79 Å². The zero-order valence-corrected chi connectivity index (χ0v) is 17.2. The number of hydrazone groups is 1. The summed E-state index contributed by atoms with van der Waals surface area (Å²) in [4.78, 5) is 21.0. The standard InChI is InChI=1S/C22H22N4O4/c1-14-7-16(28-2)5-6-19(14)20-12-23-13-21(25-20)22(27)26-24-11-15-8-17(29-3)10-18(9-15)30-4/h5-13H,1-4H3,(H,26,27)/b24-11+. The van der Waals surface area contributed by atoms with Crippen LogP contribution in [0.1, 0.15) is 21.6 Å². The second kappa shape index (κ2) is 9.51. The number of hydrogen-bond donors (Lipinski definition) is 1. The van der Waals surface area contributed by atoms with E-state index in [0.29, 0.717) is 22.8 Å². The predicted molar refractivity (Wildman–Crippen MR) is 113 cm³/mol. The molecule has 0 unspecified atom stereocenters. The lowest BCUT2D eigenvalue weighted by Crippen LogP contribution is -2.19. The summed E-state index contributed by atoms with van der Waals surface area (Å²) in [6.07, 6.45) is 4.49. The van der Waals surface area contributed by atoms with Crippen LogP contribution in [0, 0.1) is 6.92 Å². The molecule has 2 aromatic carbocycles. The van der Waals surface area contributed by atoms with Gasteiger partial charge >= 0.3 is 0 Å². The first-order valence-corrected chi connectivity index (χ1v) is 9.07. The van der Waals surface area contributed by atoms with Crippen molar-refractivity contribution in [2.75, 3.05) is 21.3 Å². The van der Waals surface area contributed by atoms with Crippen molar-refractivity contribution in [2.24, 2.45) is 5.10 Å². The summed E-state index contributed by atoms with van der Waals surface area (Å²) < 4.78 is 15.7. The van der Waals surface area contributed by atoms with Crippen LogP contribution in [0.15, 0.2) is 53.9 Å². The monoisotopic (exact) mass is 406 g/mol. The van der Waals surface area contributed by atoms with Gasteiger partial charge in [-0.15, -0.1) is 0 Å². The molecule has 0 saturated heterocycles. The number of aromatic nitrogens is 2. The minimum Gasteiger partial charge on any atom is -0.497 e. The number of ether oxygens (including phenoxy) is 3. The van der Waals surface area contributed by atoms with Gasteiger partial charge in [0.1, 0.15) is 22.9 Å². The highest BCUT2D eigenvalue weighted by Crippen LogP contribution is 2.25. The van der Waals surface area contributed by atoms with E-state index in [1.807, 2.05) is 25.1 Å². The Bertz CT molecular complexity index is 1060. The van der Waals surface area contributed by atoms with Crippen molar-refractivity contribution in [1.29, 1.82) is 0 Å². The predicted octanol–water partition coefficient (Wildman–Crippen LogP) is 3.24. The van der Waals surface area contributed by atoms with E-state index in [2.05, 4.69) is 20.5 Å². The third-order valence-corrected chi connectivity index (χ3v) is 4.33. The summed E-state index contributed by atoms with van der Waals surface area (Å²) >= 11 is 0. The van der Waals surface area contributed by atoms with E-state index in [1.165, 1.54) is 12.4 Å². The Morgan fingerprint density at radius 2 is 1.67 bits per heavy atom. The summed E-state index contributed by atoms with van der Waals surface area (Å²) in [5.41, 5.74) is 5.74. The van der Waals surface area contributed by atoms with E-state index < -0.39 is 5.91 Å². The molecule has 1 N–H and O–H groups in total. The first kappa shape index (κ1) is 20.8. The second-order valence-electron chi connectivity index (χ2n) is 6.32. The van der Waals surface area contributed by atoms with Gasteiger partial charge in [-0.05, 0) is 42.8 Å². The molecule has 0 aliphatic heterocycles. The molecule has 1 heterocycles. The van der Waals surface area contributed by atoms with E-state index in [1.54, 1.807) is 45.7 Å². The number of carbonyl (C=O) groups excluding carboxylic acids is 1. The van der Waals surface area contributed by atoms with Crippen LogP contribution in [0.25, 0.3) is 11.3 Å². The first-order valence-electron chi connectivity index (χ1n) is 9.07. The van der Waals surface area contributed by atoms with Crippen molar-refractivity contribution in [1.82, 2.24) is 15.4 Å². The molecule has 8 nitrogen and oxygen atoms in total. The van der Waals surface area contributed by atoms with Crippen molar-refractivity contribution in [2.45, 2.75) is 6.92 Å². The molecule has 1 amide bonds. The number of nitrogens with zero attached hydrogens (tertiary/aromatic N) is 3. The molecule has 8 heteroatoms. The van der Waals surface area contributed by atoms with Crippen LogP contribution >= 0.6 is 0 Å². The maximum absolute atomic E-state index is 12.5. The quantitative estimate of drug-likeness (QED) is 0.478. The fourth-order valence-corrected chi connectivity index (χ4v) is 2.78. The van der Waals surface area contributed by atoms with Gasteiger partial charge in [0, 0.05) is 17.2 Å². The molecule has 3 rings (SSSR count). The largest absolute Gasteiger partial charge is 0.497 e. The number of hydrogen-bond acceptors (Lipinski definition) is 7. The Hall–Kier alpha value is -3.94. The van der Waals surface area contributed by atoms with Gasteiger partial charge in [-0.2, -0.15) is 5.10 Å². The molecule has 0 fully saturated rings. The number of amides is 1. The van der Waals surface area contributed by atoms with Crippen LogP contribution in [-0.2, 0) is 0 Å². The van der Waals surface area contributed by atoms with Crippen LogP contribution in [0.4, 0.5) is 0 Å². The number of benzene rings is 2. The Balaban J connectivity index is 1.75. The van der Waals surface area contributed by atoms with Crippen LogP contribution in [0.2, 0.25) is 0 Å². The molecular weight excluding hydrogens is 384 g/mol. The van der Waals surface area contributed by atoms with E-state index in [-0.39, 0.29) is 5.69 Å². The molecule has 0 aliphatic rings. The lowest BCUT2D eigenvalue weighted by Gasteiger charge is -2.08. The average Bonchev–Trinajstić information content (AvgIpc) is 2.78. The number of methoxy groups -OCH3 is 3. The zero-order valence-electron chi connectivity index (χ0n) is 17.2. The fourth-order valence-electron chi connectivity index (χ4n) is 2.78. The summed E-state index contributed by atoms with van der Waals surface area (Å²) in [6, 6.07) is 10.9. The minimum atomic E-state index is -0.471. The molecule has 0 saturated carbocycles. The average molecular weight is 406 g/mol. The summed E-state index contributed by atoms with van der Waals surface area (Å²) in [5, 5.41) is 3.99. The van der Waals surface area contributed by atoms with Gasteiger partial charge in [0.05, 0.1) is 45.6 Å². The van der Waals surface area contributed by atoms with Crippen molar-refractivity contribution >= 4 is 12.1 Å². The second-order valence-corrected chi connectivity index (χ2v) is 6.32. The highest BCUT2D eigenvalue weighted by molar-refractivity contribution is 5.93. The molecule has 1 aromatic heterocycles. The maximum atomic E-state index is 12.5. The first-order chi connectivity index (χ1) is 14.5. The molecule has 3 aromatic rings. The van der Waals surface area contributed by atoms with Crippen molar-refractivity contribution < 1.29 is 19.0 Å². The van der Waals surface area contributed by atoms with Crippen LogP contribution in [-0.4, -0.2) is 43.4 Å². The molecule has 154 valence electrons. The van der Waals surface area contributed by atoms with E-state index in [4.69, 9.17) is 14.2 Å². The van der Waals surface area contributed by atoms with Gasteiger partial charge in [0.15, 0.2) is 0 Å². The lowest BCUT2D eigenvalue weighted by atomic mass is 10.1. The number of carbonyl (C=O) groups is 1. The Kier molecular flexibility index (Phi) is 6.59. The Labute approximate surface area is 174 Å². The SMILES string of the molecule is COc1cc(/C=N/NC(=O)c2cncc(-c3ccc(OC)cc3C)n2)cc(OC)c1. The fraction of sp³-hybridized carbons (Fsp3) is 0.182. The zero-order chi connectivity index (χ0) is 21.5. The third kappa shape index (κ3) is 4.91. The van der Waals surface area contributed by atoms with Crippen molar-refractivity contribution in [3.8, 4) is 28.5 Å². The van der Waals surface area contributed by atoms with Crippen molar-refractivity contribution in [3.63, 3.8) is 0 Å². The lowest BCUT2D eigenvalue weighted by molar-refractivity contribution is 0.0950. The van der Waals surface area contributed by atoms with Crippen LogP contribution in [0.5, 0.6) is 17.2 Å². The highest BCUT2D eigenvalue weighted by atomic mass is 16.5. The van der Waals surface area contributed by atoms with Crippen LogP contribution in [0.3, 0.4) is 0 Å². The summed E-state index contributed by atoms with van der Waals surface area (Å²) in [6.45, 7) is 1.94. The smallest absolute Gasteiger partial charge is 0.291 e. The van der Waals surface area contributed by atoms with Gasteiger partial charge in [0.25, 0.3) is 5.91 Å². The van der Waals surface area contributed by atoms with Gasteiger partial charge in [-0.3, -0.25) is 9.78 Å². The van der Waals surface area contributed by atoms with Crippen LogP contribution < -0.4 is 19.6 Å². The highest BCUT2D eigenvalue weighted by Gasteiger charge is 2.11. The van der Waals surface area contributed by atoms with E-state index >= 15 is 0 Å². The third-order valence-electron chi connectivity index (χ3n) is 4.33. The minimum absolute atomic E-state index is 0.156. The summed E-state index contributed by atoms with van der Waals surface area (Å²) in [7, 11) is 4.74. The van der Waals surface area contributed by atoms with Gasteiger partial charge < -0.3 is 14.2 Å². The van der Waals surface area contributed by atoms with Gasteiger partial charge in [-0.1, -0.05) is 0 Å². The number of aryl methyl sites for hydroxylation is 1. The summed E-state index contributed by atoms with van der Waals surface area (Å²) in [5.74, 6) is 1.52. The maximum Gasteiger partial charge on any atom is 0.291 e. The molecule has 0 atom stereocenters.